The van der Waals surface area contributed by atoms with E-state index in [-0.39, 0.29) is 0 Å². The number of aromatic nitrogens is 2. The van der Waals surface area contributed by atoms with Crippen molar-refractivity contribution >= 4 is 11.8 Å². The second-order valence-electron chi connectivity index (χ2n) is 13.3. The van der Waals surface area contributed by atoms with Crippen LogP contribution in [0, 0.1) is 23.7 Å². The maximum absolute atomic E-state index is 12.3. The molecular formula is C41H69N2O3+. The predicted octanol–water partition coefficient (Wildman–Crippen LogP) is 10.8. The first kappa shape index (κ1) is 41.5. The van der Waals surface area contributed by atoms with E-state index in [2.05, 4.69) is 58.5 Å². The molecule has 1 N–H and O–H groups in total. The van der Waals surface area contributed by atoms with Gasteiger partial charge in [-0.25, -0.2) is 9.13 Å². The minimum atomic E-state index is -0.678. The van der Waals surface area contributed by atoms with Crippen LogP contribution in [0.5, 0.6) is 0 Å². The minimum absolute atomic E-state index is 0.309. The number of carboxylic acids is 1. The second kappa shape index (κ2) is 32.4. The summed E-state index contributed by atoms with van der Waals surface area (Å²) < 4.78 is 4.53. The molecule has 0 bridgehead atoms. The van der Waals surface area contributed by atoms with E-state index < -0.39 is 5.97 Å². The molecule has 260 valence electrons. The number of carbonyl (C=O) groups excluding carboxylic acids is 1. The zero-order chi connectivity index (χ0) is 33.2. The van der Waals surface area contributed by atoms with Gasteiger partial charge in [0, 0.05) is 32.1 Å². The van der Waals surface area contributed by atoms with Gasteiger partial charge in [0.25, 0.3) is 0 Å². The SMILES string of the molecule is CCCCCCCCCCC#CC#CCCCCCCCCC(=O)CCCCn1cc[n+](CCCCCCCCCCC(=O)O)c1. The third kappa shape index (κ3) is 28.9. The van der Waals surface area contributed by atoms with Gasteiger partial charge in [-0.15, -0.1) is 0 Å². The molecule has 46 heavy (non-hydrogen) atoms. The first-order valence-electron chi connectivity index (χ1n) is 19.4. The topological polar surface area (TPSA) is 63.2 Å². The van der Waals surface area contributed by atoms with Crippen molar-refractivity contribution in [3.8, 4) is 23.7 Å². The maximum atomic E-state index is 12.3. The Morgan fingerprint density at radius 2 is 1.04 bits per heavy atom. The van der Waals surface area contributed by atoms with Crippen LogP contribution in [0.15, 0.2) is 18.7 Å². The molecule has 0 unspecified atom stereocenters. The molecular weight excluding hydrogens is 568 g/mol. The minimum Gasteiger partial charge on any atom is -0.481 e. The van der Waals surface area contributed by atoms with Crippen molar-refractivity contribution in [3.05, 3.63) is 18.7 Å². The molecule has 0 saturated heterocycles. The number of nitrogens with zero attached hydrogens (tertiary/aromatic N) is 2. The summed E-state index contributed by atoms with van der Waals surface area (Å²) in [5, 5.41) is 8.67. The number of aryl methyl sites for hydroxylation is 2. The van der Waals surface area contributed by atoms with Crippen molar-refractivity contribution in [2.24, 2.45) is 0 Å². The lowest BCUT2D eigenvalue weighted by Gasteiger charge is -2.02. The lowest BCUT2D eigenvalue weighted by atomic mass is 10.0. The van der Waals surface area contributed by atoms with Crippen molar-refractivity contribution in [2.75, 3.05) is 0 Å². The average molecular weight is 638 g/mol. The third-order valence-electron chi connectivity index (χ3n) is 8.83. The number of imidazole rings is 1. The van der Waals surface area contributed by atoms with Crippen molar-refractivity contribution in [2.45, 2.75) is 206 Å². The van der Waals surface area contributed by atoms with Gasteiger partial charge in [-0.2, -0.15) is 0 Å². The quantitative estimate of drug-likeness (QED) is 0.0486. The Hall–Kier alpha value is -2.53. The third-order valence-corrected chi connectivity index (χ3v) is 8.83. The van der Waals surface area contributed by atoms with Gasteiger partial charge in [0.2, 0.25) is 6.33 Å². The van der Waals surface area contributed by atoms with Gasteiger partial charge in [0.1, 0.15) is 18.2 Å². The Bertz CT molecular complexity index is 991. The summed E-state index contributed by atoms with van der Waals surface area (Å²) in [6, 6.07) is 0. The number of ketones is 1. The Morgan fingerprint density at radius 3 is 1.59 bits per heavy atom. The number of carbonyl (C=O) groups is 2. The molecule has 1 rings (SSSR count). The van der Waals surface area contributed by atoms with E-state index in [0.717, 1.165) is 83.7 Å². The van der Waals surface area contributed by atoms with Crippen LogP contribution < -0.4 is 4.57 Å². The monoisotopic (exact) mass is 638 g/mol. The normalized spacial score (nSPS) is 10.7. The molecule has 1 heterocycles. The van der Waals surface area contributed by atoms with Crippen LogP contribution in [0.1, 0.15) is 193 Å². The van der Waals surface area contributed by atoms with Crippen LogP contribution in [0.4, 0.5) is 0 Å². The molecule has 0 spiro atoms. The zero-order valence-electron chi connectivity index (χ0n) is 29.8. The molecule has 0 amide bonds. The molecule has 0 fully saturated rings. The van der Waals surface area contributed by atoms with Gasteiger partial charge in [0.05, 0.1) is 13.1 Å². The van der Waals surface area contributed by atoms with Gasteiger partial charge in [0.15, 0.2) is 0 Å². The highest BCUT2D eigenvalue weighted by molar-refractivity contribution is 5.78. The molecule has 0 aliphatic heterocycles. The zero-order valence-corrected chi connectivity index (χ0v) is 29.8. The van der Waals surface area contributed by atoms with E-state index in [1.54, 1.807) is 0 Å². The first-order chi connectivity index (χ1) is 22.6. The highest BCUT2D eigenvalue weighted by Crippen LogP contribution is 2.12. The summed E-state index contributed by atoms with van der Waals surface area (Å²) >= 11 is 0. The standard InChI is InChI=1S/C41H68N2O3/c1-2-3-4-5-6-7-8-9-10-11-12-13-14-15-16-17-18-21-24-27-32-40(44)33-29-31-36-43-38-37-42(39-43)35-30-26-23-20-19-22-25-28-34-41(45)46/h37-39H,2-10,15-36H2,1H3/p+1. The number of aliphatic carboxylic acids is 1. The van der Waals surface area contributed by atoms with E-state index in [1.165, 1.54) is 109 Å². The summed E-state index contributed by atoms with van der Waals surface area (Å²) in [6.45, 7) is 4.32. The summed E-state index contributed by atoms with van der Waals surface area (Å²) in [5.41, 5.74) is 0. The van der Waals surface area contributed by atoms with Crippen LogP contribution in [0.3, 0.4) is 0 Å². The van der Waals surface area contributed by atoms with Crippen molar-refractivity contribution in [3.63, 3.8) is 0 Å². The average Bonchev–Trinajstić information content (AvgIpc) is 3.50. The molecule has 0 radical (unpaired) electrons. The Morgan fingerprint density at radius 1 is 0.587 bits per heavy atom. The molecule has 0 aliphatic rings. The second-order valence-corrected chi connectivity index (χ2v) is 13.3. The Kier molecular flexibility index (Phi) is 29.2. The first-order valence-corrected chi connectivity index (χ1v) is 19.4. The highest BCUT2D eigenvalue weighted by atomic mass is 16.4. The number of rotatable bonds is 32. The predicted molar refractivity (Wildman–Crippen MR) is 192 cm³/mol. The van der Waals surface area contributed by atoms with E-state index in [4.69, 9.17) is 5.11 Å². The molecule has 1 aromatic rings. The van der Waals surface area contributed by atoms with Crippen LogP contribution in [-0.2, 0) is 22.7 Å². The van der Waals surface area contributed by atoms with Crippen LogP contribution in [0.25, 0.3) is 0 Å². The summed E-state index contributed by atoms with van der Waals surface area (Å²) in [4.78, 5) is 22.8. The van der Waals surface area contributed by atoms with Crippen molar-refractivity contribution in [1.29, 1.82) is 0 Å². The molecule has 5 heteroatoms. The fourth-order valence-electron chi connectivity index (χ4n) is 5.88. The highest BCUT2D eigenvalue weighted by Gasteiger charge is 2.06. The van der Waals surface area contributed by atoms with Gasteiger partial charge in [-0.3, -0.25) is 9.59 Å². The number of unbranched alkanes of at least 4 members (excludes halogenated alkanes) is 22. The fourth-order valence-corrected chi connectivity index (χ4v) is 5.88. The molecule has 0 aromatic carbocycles. The fraction of sp³-hybridized carbons (Fsp3) is 0.780. The van der Waals surface area contributed by atoms with Crippen molar-refractivity contribution in [1.82, 2.24) is 4.57 Å². The number of carboxylic acid groups (broad SMARTS) is 1. The number of Topliss-reactive ketones (excluding diaryl/α,β-unsaturated/α-hetero) is 1. The number of hydrogen-bond donors (Lipinski definition) is 1. The van der Waals surface area contributed by atoms with E-state index in [0.29, 0.717) is 12.2 Å². The Balaban J connectivity index is 1.87. The molecule has 0 atom stereocenters. The molecule has 0 aliphatic carbocycles. The smallest absolute Gasteiger partial charge is 0.303 e. The van der Waals surface area contributed by atoms with Gasteiger partial charge < -0.3 is 5.11 Å². The molecule has 0 saturated carbocycles. The lowest BCUT2D eigenvalue weighted by molar-refractivity contribution is -0.696. The van der Waals surface area contributed by atoms with Crippen molar-refractivity contribution < 1.29 is 19.3 Å². The largest absolute Gasteiger partial charge is 0.481 e. The van der Waals surface area contributed by atoms with Crippen LogP contribution in [-0.4, -0.2) is 21.4 Å². The number of hydrogen-bond acceptors (Lipinski definition) is 2. The van der Waals surface area contributed by atoms with E-state index >= 15 is 0 Å². The lowest BCUT2D eigenvalue weighted by Crippen LogP contribution is -2.30. The summed E-state index contributed by atoms with van der Waals surface area (Å²) in [6.07, 6.45) is 39.3. The van der Waals surface area contributed by atoms with Crippen LogP contribution >= 0.6 is 0 Å². The summed E-state index contributed by atoms with van der Waals surface area (Å²) in [5.74, 6) is 12.2. The van der Waals surface area contributed by atoms with Gasteiger partial charge in [-0.05, 0) is 63.2 Å². The molecule has 5 nitrogen and oxygen atoms in total. The van der Waals surface area contributed by atoms with E-state index in [1.807, 2.05) is 0 Å². The summed E-state index contributed by atoms with van der Waals surface area (Å²) in [7, 11) is 0. The molecule has 1 aromatic heterocycles. The van der Waals surface area contributed by atoms with Gasteiger partial charge >= 0.3 is 5.97 Å². The van der Waals surface area contributed by atoms with E-state index in [9.17, 15) is 9.59 Å². The van der Waals surface area contributed by atoms with Gasteiger partial charge in [-0.1, -0.05) is 121 Å². The van der Waals surface area contributed by atoms with Crippen LogP contribution in [0.2, 0.25) is 0 Å². The Labute approximate surface area is 283 Å². The maximum Gasteiger partial charge on any atom is 0.303 e.